The summed E-state index contributed by atoms with van der Waals surface area (Å²) in [4.78, 5) is 22.1. The third-order valence-electron chi connectivity index (χ3n) is 3.40. The smallest absolute Gasteiger partial charge is 0.160 e. The van der Waals surface area contributed by atoms with E-state index < -0.39 is 0 Å². The summed E-state index contributed by atoms with van der Waals surface area (Å²) in [6.07, 6.45) is 2.44. The van der Waals surface area contributed by atoms with Crippen LogP contribution in [-0.4, -0.2) is 47.1 Å². The molecule has 1 saturated heterocycles. The van der Waals surface area contributed by atoms with Crippen LogP contribution in [0.1, 0.15) is 10.4 Å². The van der Waals surface area contributed by atoms with Crippen molar-refractivity contribution in [3.05, 3.63) is 11.8 Å². The van der Waals surface area contributed by atoms with Gasteiger partial charge in [0.2, 0.25) is 0 Å². The highest BCUT2D eigenvalue weighted by Gasteiger charge is 2.18. The molecule has 0 saturated carbocycles. The maximum Gasteiger partial charge on any atom is 0.160 e. The molecule has 2 N–H and O–H groups in total. The van der Waals surface area contributed by atoms with Crippen LogP contribution in [0.2, 0.25) is 0 Å². The van der Waals surface area contributed by atoms with Gasteiger partial charge in [-0.05, 0) is 0 Å². The molecule has 7 nitrogen and oxygen atoms in total. The van der Waals surface area contributed by atoms with Crippen molar-refractivity contribution < 1.29 is 9.53 Å². The number of nitrogens with two attached hydrogens (primary N) is 1. The van der Waals surface area contributed by atoms with E-state index in [0.29, 0.717) is 35.8 Å². The van der Waals surface area contributed by atoms with Crippen molar-refractivity contribution in [3.8, 4) is 0 Å². The number of aldehydes is 1. The Kier molecular flexibility index (Phi) is 2.83. The highest BCUT2D eigenvalue weighted by molar-refractivity contribution is 6.00. The maximum absolute atomic E-state index is 11.1. The summed E-state index contributed by atoms with van der Waals surface area (Å²) in [7, 11) is 1.77. The van der Waals surface area contributed by atoms with Gasteiger partial charge in [-0.15, -0.1) is 0 Å². The normalized spacial score (nSPS) is 15.9. The molecule has 0 amide bonds. The highest BCUT2D eigenvalue weighted by atomic mass is 16.5. The van der Waals surface area contributed by atoms with E-state index in [4.69, 9.17) is 10.5 Å². The number of anilines is 2. The first-order valence-electron chi connectivity index (χ1n) is 6.11. The molecule has 0 aliphatic carbocycles. The zero-order valence-electron chi connectivity index (χ0n) is 10.7. The number of rotatable bonds is 2. The van der Waals surface area contributed by atoms with Gasteiger partial charge in [-0.1, -0.05) is 0 Å². The SMILES string of the molecule is Cn1c(N)c(C=O)c2nc(N3CCOCC3)cnc21. The fraction of sp³-hybridized carbons (Fsp3) is 0.417. The molecule has 0 aromatic carbocycles. The van der Waals surface area contributed by atoms with Crippen molar-refractivity contribution in [1.29, 1.82) is 0 Å². The van der Waals surface area contributed by atoms with Crippen LogP contribution >= 0.6 is 0 Å². The first kappa shape index (κ1) is 11.9. The van der Waals surface area contributed by atoms with E-state index in [0.717, 1.165) is 25.2 Å². The van der Waals surface area contributed by atoms with Gasteiger partial charge in [0, 0.05) is 20.1 Å². The standard InChI is InChI=1S/C12H15N5O2/c1-16-11(13)8(7-18)10-12(16)14-6-9(15-10)17-2-4-19-5-3-17/h6-7H,2-5,13H2,1H3. The Balaban J connectivity index is 2.11. The minimum atomic E-state index is 0.393. The molecular weight excluding hydrogens is 246 g/mol. The van der Waals surface area contributed by atoms with Gasteiger partial charge < -0.3 is 19.9 Å². The first-order chi connectivity index (χ1) is 9.22. The molecule has 19 heavy (non-hydrogen) atoms. The fourth-order valence-corrected chi connectivity index (χ4v) is 2.28. The summed E-state index contributed by atoms with van der Waals surface area (Å²) < 4.78 is 6.98. The third kappa shape index (κ3) is 1.82. The lowest BCUT2D eigenvalue weighted by Gasteiger charge is -2.27. The number of fused-ring (bicyclic) bond motifs is 1. The lowest BCUT2D eigenvalue weighted by molar-refractivity contribution is 0.112. The number of hydrogen-bond acceptors (Lipinski definition) is 6. The summed E-state index contributed by atoms with van der Waals surface area (Å²) in [5, 5.41) is 0. The van der Waals surface area contributed by atoms with Crippen molar-refractivity contribution in [2.24, 2.45) is 7.05 Å². The number of carbonyl (C=O) groups is 1. The minimum absolute atomic E-state index is 0.393. The predicted octanol–water partition coefficient (Wildman–Crippen LogP) is 0.200. The number of carbonyl (C=O) groups excluding carboxylic acids is 1. The quantitative estimate of drug-likeness (QED) is 0.777. The van der Waals surface area contributed by atoms with Crippen molar-refractivity contribution in [3.63, 3.8) is 0 Å². The van der Waals surface area contributed by atoms with E-state index in [-0.39, 0.29) is 0 Å². The number of aryl methyl sites for hydroxylation is 1. The van der Waals surface area contributed by atoms with E-state index in [9.17, 15) is 4.79 Å². The monoisotopic (exact) mass is 261 g/mol. The molecule has 100 valence electrons. The van der Waals surface area contributed by atoms with Crippen molar-refractivity contribution in [2.45, 2.75) is 0 Å². The van der Waals surface area contributed by atoms with Gasteiger partial charge in [0.1, 0.15) is 17.2 Å². The maximum atomic E-state index is 11.1. The van der Waals surface area contributed by atoms with Crippen LogP contribution in [-0.2, 0) is 11.8 Å². The molecule has 0 spiro atoms. The molecule has 1 aliphatic heterocycles. The molecule has 3 rings (SSSR count). The zero-order valence-corrected chi connectivity index (χ0v) is 10.7. The number of morpholine rings is 1. The second-order valence-electron chi connectivity index (χ2n) is 4.48. The van der Waals surface area contributed by atoms with Crippen molar-refractivity contribution in [1.82, 2.24) is 14.5 Å². The van der Waals surface area contributed by atoms with Crippen LogP contribution in [0, 0.1) is 0 Å². The zero-order chi connectivity index (χ0) is 13.4. The van der Waals surface area contributed by atoms with Crippen LogP contribution in [0.15, 0.2) is 6.20 Å². The van der Waals surface area contributed by atoms with Crippen LogP contribution in [0.4, 0.5) is 11.6 Å². The molecule has 1 aliphatic rings. The number of nitrogen functional groups attached to an aromatic ring is 1. The summed E-state index contributed by atoms with van der Waals surface area (Å²) in [5.41, 5.74) is 7.45. The predicted molar refractivity (Wildman–Crippen MR) is 71.3 cm³/mol. The van der Waals surface area contributed by atoms with E-state index in [1.54, 1.807) is 17.8 Å². The van der Waals surface area contributed by atoms with Gasteiger partial charge in [0.05, 0.1) is 25.0 Å². The van der Waals surface area contributed by atoms with Gasteiger partial charge in [-0.2, -0.15) is 0 Å². The van der Waals surface area contributed by atoms with Gasteiger partial charge in [0.25, 0.3) is 0 Å². The highest BCUT2D eigenvalue weighted by Crippen LogP contribution is 2.25. The van der Waals surface area contributed by atoms with Crippen LogP contribution in [0.3, 0.4) is 0 Å². The summed E-state index contributed by atoms with van der Waals surface area (Å²) in [6, 6.07) is 0. The molecular formula is C12H15N5O2. The van der Waals surface area contributed by atoms with Crippen LogP contribution in [0.5, 0.6) is 0 Å². The van der Waals surface area contributed by atoms with Crippen LogP contribution < -0.4 is 10.6 Å². The lowest BCUT2D eigenvalue weighted by atomic mass is 10.3. The Bertz CT molecular complexity index is 631. The summed E-state index contributed by atoms with van der Waals surface area (Å²) in [6.45, 7) is 2.91. The van der Waals surface area contributed by atoms with Gasteiger partial charge in [0.15, 0.2) is 11.9 Å². The fourth-order valence-electron chi connectivity index (χ4n) is 2.28. The average Bonchev–Trinajstić information content (AvgIpc) is 2.71. The number of hydrogen-bond donors (Lipinski definition) is 1. The number of aromatic nitrogens is 3. The van der Waals surface area contributed by atoms with E-state index in [1.165, 1.54) is 0 Å². The molecule has 7 heteroatoms. The Morgan fingerprint density at radius 2 is 2.16 bits per heavy atom. The molecule has 0 unspecified atom stereocenters. The molecule has 1 fully saturated rings. The topological polar surface area (TPSA) is 86.3 Å². The van der Waals surface area contributed by atoms with Gasteiger partial charge >= 0.3 is 0 Å². The largest absolute Gasteiger partial charge is 0.384 e. The second kappa shape index (κ2) is 4.51. The molecule has 0 atom stereocenters. The van der Waals surface area contributed by atoms with E-state index >= 15 is 0 Å². The summed E-state index contributed by atoms with van der Waals surface area (Å²) in [5.74, 6) is 1.15. The Morgan fingerprint density at radius 1 is 1.42 bits per heavy atom. The molecule has 2 aromatic rings. The van der Waals surface area contributed by atoms with E-state index in [1.807, 2.05) is 0 Å². The Morgan fingerprint density at radius 3 is 2.84 bits per heavy atom. The third-order valence-corrected chi connectivity index (χ3v) is 3.40. The van der Waals surface area contributed by atoms with Crippen molar-refractivity contribution in [2.75, 3.05) is 36.9 Å². The van der Waals surface area contributed by atoms with Crippen LogP contribution in [0.25, 0.3) is 11.2 Å². The lowest BCUT2D eigenvalue weighted by Crippen LogP contribution is -2.36. The molecule has 0 bridgehead atoms. The first-order valence-corrected chi connectivity index (χ1v) is 6.11. The minimum Gasteiger partial charge on any atom is -0.384 e. The number of ether oxygens (including phenoxy) is 1. The van der Waals surface area contributed by atoms with Gasteiger partial charge in [-0.25, -0.2) is 9.97 Å². The van der Waals surface area contributed by atoms with Crippen molar-refractivity contribution >= 4 is 29.1 Å². The number of nitrogens with zero attached hydrogens (tertiary/aromatic N) is 4. The Labute approximate surface area is 110 Å². The van der Waals surface area contributed by atoms with E-state index in [2.05, 4.69) is 14.9 Å². The molecule has 0 radical (unpaired) electrons. The molecule has 2 aromatic heterocycles. The molecule has 3 heterocycles. The Hall–Kier alpha value is -2.15. The second-order valence-corrected chi connectivity index (χ2v) is 4.48. The summed E-state index contributed by atoms with van der Waals surface area (Å²) >= 11 is 0. The van der Waals surface area contributed by atoms with Gasteiger partial charge in [-0.3, -0.25) is 4.79 Å². The average molecular weight is 261 g/mol.